The Balaban J connectivity index is 0.972. The predicted molar refractivity (Wildman–Crippen MR) is 421 cm³/mol. The fourth-order valence-corrected chi connectivity index (χ4v) is 13.4. The number of carboxylic acids is 1. The van der Waals surface area contributed by atoms with Gasteiger partial charge in [-0.1, -0.05) is 206 Å². The lowest BCUT2D eigenvalue weighted by Crippen LogP contribution is -2.61. The molecular formula is C80H129N19O12. The van der Waals surface area contributed by atoms with Crippen LogP contribution in [-0.2, 0) is 91.1 Å². The average Bonchev–Trinajstić information content (AvgIpc) is 1.67. The summed E-state index contributed by atoms with van der Waals surface area (Å²) < 4.78 is 17.3. The minimum absolute atomic E-state index is 0.00659. The molecule has 13 N–H and O–H groups in total. The number of aromatic nitrogens is 12. The molecule has 0 spiro atoms. The number of nitrogens with one attached hydrogen (secondary N) is 12. The van der Waals surface area contributed by atoms with Crippen molar-refractivity contribution in [3.05, 3.63) is 109 Å². The molecule has 0 aliphatic heterocycles. The van der Waals surface area contributed by atoms with Crippen molar-refractivity contribution in [1.82, 2.24) is 96.6 Å². The number of carbonyl (C=O) groups excluding carboxylic acids is 7. The van der Waals surface area contributed by atoms with Gasteiger partial charge in [0.05, 0.1) is 64.4 Å². The summed E-state index contributed by atoms with van der Waals surface area (Å²) in [6.07, 6.45) is 57.5. The first-order valence-corrected chi connectivity index (χ1v) is 41.2. The molecule has 6 heterocycles. The second kappa shape index (κ2) is 57.0. The Labute approximate surface area is 654 Å². The highest BCUT2D eigenvalue weighted by molar-refractivity contribution is 5.97. The van der Waals surface area contributed by atoms with Gasteiger partial charge in [0.1, 0.15) is 49.5 Å². The van der Waals surface area contributed by atoms with Crippen molar-refractivity contribution in [3.8, 4) is 0 Å². The van der Waals surface area contributed by atoms with Crippen LogP contribution in [0.5, 0.6) is 0 Å². The number of amides is 7. The lowest BCUT2D eigenvalue weighted by Gasteiger charge is -2.27. The Bertz CT molecular complexity index is 3340. The van der Waals surface area contributed by atoms with Crippen molar-refractivity contribution >= 4 is 47.3 Å². The first-order valence-electron chi connectivity index (χ1n) is 41.2. The number of nitrogens with zero attached hydrogens (tertiary/aromatic N) is 7. The van der Waals surface area contributed by atoms with Crippen LogP contribution in [-0.4, -0.2) is 206 Å². The molecule has 0 bridgehead atoms. The van der Waals surface area contributed by atoms with Crippen molar-refractivity contribution in [2.24, 2.45) is 0 Å². The van der Waals surface area contributed by atoms with E-state index in [2.05, 4.69) is 106 Å². The highest BCUT2D eigenvalue weighted by atomic mass is 16.5. The number of aromatic amines is 6. The molecule has 0 aliphatic rings. The largest absolute Gasteiger partial charge is 0.480 e. The summed E-state index contributed by atoms with van der Waals surface area (Å²) in [4.78, 5) is 156. The van der Waals surface area contributed by atoms with Crippen LogP contribution in [0.1, 0.15) is 253 Å². The lowest BCUT2D eigenvalue weighted by molar-refractivity contribution is -0.142. The molecule has 0 unspecified atom stereocenters. The molecule has 111 heavy (non-hydrogen) atoms. The van der Waals surface area contributed by atoms with Crippen molar-refractivity contribution in [2.45, 2.75) is 294 Å². The Morgan fingerprint density at radius 2 is 0.541 bits per heavy atom. The van der Waals surface area contributed by atoms with E-state index >= 15 is 0 Å². The molecule has 6 rings (SSSR count). The van der Waals surface area contributed by atoms with E-state index in [9.17, 15) is 43.5 Å². The van der Waals surface area contributed by atoms with E-state index in [1.165, 1.54) is 255 Å². The number of unbranched alkanes of at least 4 members (excludes halogenated alkanes) is 30. The normalized spacial score (nSPS) is 13.0. The molecule has 31 heteroatoms. The highest BCUT2D eigenvalue weighted by Crippen LogP contribution is 2.18. The summed E-state index contributed by atoms with van der Waals surface area (Å²) in [5.41, 5.74) is 2.56. The van der Waals surface area contributed by atoms with E-state index in [0.29, 0.717) is 34.2 Å². The third kappa shape index (κ3) is 40.1. The molecule has 6 aromatic rings. The molecule has 616 valence electrons. The molecule has 0 aliphatic carbocycles. The zero-order chi connectivity index (χ0) is 79.0. The van der Waals surface area contributed by atoms with Gasteiger partial charge in [-0.3, -0.25) is 33.6 Å². The van der Waals surface area contributed by atoms with Crippen LogP contribution in [0.4, 0.5) is 0 Å². The quantitative estimate of drug-likeness (QED) is 0.0158. The maximum absolute atomic E-state index is 14.8. The number of ether oxygens (including phenoxy) is 3. The molecule has 0 saturated carbocycles. The summed E-state index contributed by atoms with van der Waals surface area (Å²) in [6.45, 7) is 6.06. The molecule has 6 aromatic heterocycles. The van der Waals surface area contributed by atoms with Crippen LogP contribution in [0.3, 0.4) is 0 Å². The van der Waals surface area contributed by atoms with E-state index in [1.54, 1.807) is 0 Å². The van der Waals surface area contributed by atoms with E-state index in [-0.39, 0.29) is 77.5 Å². The molecule has 0 aromatic carbocycles. The Morgan fingerprint density at radius 1 is 0.315 bits per heavy atom. The summed E-state index contributed by atoms with van der Waals surface area (Å²) in [5.74, 6) is -6.22. The van der Waals surface area contributed by atoms with Crippen molar-refractivity contribution in [2.75, 3.05) is 52.7 Å². The fraction of sp³-hybridized carbons (Fsp3) is 0.675. The maximum Gasteiger partial charge on any atom is 0.326 e. The number of H-pyrrole nitrogens is 6. The van der Waals surface area contributed by atoms with E-state index in [1.807, 2.05) is 4.90 Å². The Morgan fingerprint density at radius 3 is 0.793 bits per heavy atom. The Hall–Kier alpha value is -9.10. The van der Waals surface area contributed by atoms with Gasteiger partial charge in [0, 0.05) is 123 Å². The number of hydrogen-bond acceptors (Lipinski definition) is 17. The van der Waals surface area contributed by atoms with Gasteiger partial charge >= 0.3 is 5.97 Å². The van der Waals surface area contributed by atoms with Gasteiger partial charge < -0.3 is 86.0 Å². The average molecular weight is 1550 g/mol. The molecule has 31 nitrogen and oxygen atoms in total. The first-order chi connectivity index (χ1) is 54.3. The van der Waals surface area contributed by atoms with Gasteiger partial charge in [0.15, 0.2) is 0 Å². The highest BCUT2D eigenvalue weighted by Gasteiger charge is 2.35. The zero-order valence-electron chi connectivity index (χ0n) is 66.0. The van der Waals surface area contributed by atoms with Crippen molar-refractivity contribution in [1.29, 1.82) is 0 Å². The molecule has 6 atom stereocenters. The maximum atomic E-state index is 14.8. The van der Waals surface area contributed by atoms with Crippen molar-refractivity contribution in [3.63, 3.8) is 0 Å². The third-order valence-electron chi connectivity index (χ3n) is 19.8. The van der Waals surface area contributed by atoms with Crippen LogP contribution in [0.2, 0.25) is 0 Å². The summed E-state index contributed by atoms with van der Waals surface area (Å²) in [5, 5.41) is 26.2. The second-order valence-corrected chi connectivity index (χ2v) is 29.2. The van der Waals surface area contributed by atoms with Crippen LogP contribution < -0.4 is 31.9 Å². The molecular weight excluding hydrogens is 1420 g/mol. The standard InChI is InChI=1S/C80H129N19O12/c1-3-5-7-9-11-13-15-17-19-21-23-25-27-29-31-33-35-99(36-34-32-30-28-26-24-22-20-18-16-14-12-10-8-6-4-2)74(101)54-111-40-38-109-37-39-110-53-73(100)93-67(41-61-47-81-55-87-61)75(102)94-68(42-62-48-82-56-88-62)76(103)95-69(43-63-49-83-57-89-63)77(104)96-70(44-64-50-84-58-90-64)78(105)97-71(45-65-51-85-59-91-65)79(106)98-72(80(107)108)46-66-52-86-60-92-66/h47-52,55-60,67-72H,3-46,53-54H2,1-2H3,(H,81,87)(H,82,88)(H,83,89)(H,84,90)(H,85,91)(H,86,92)(H,93,100)(H,94,102)(H,95,103)(H,96,104)(H,97,105)(H,98,106)(H,107,108)/t67-,68-,69-,70-,71-,72-/m0/s1. The SMILES string of the molecule is CCCCCCCCCCCCCCCCCCN(CCCCCCCCCCCCCCCCCC)C(=O)COCCOCCOCC(=O)N[C@@H](Cc1cnc[nH]1)C(=O)N[C@@H](Cc1cnc[nH]1)C(=O)N[C@@H](Cc1cnc[nH]1)C(=O)N[C@@H](Cc1cnc[nH]1)C(=O)N[C@@H](Cc1cnc[nH]1)C(=O)N[C@@H](Cc1cnc[nH]1)C(=O)O. The minimum Gasteiger partial charge on any atom is -0.480 e. The molecule has 7 amide bonds. The number of rotatable bonds is 68. The number of hydrogen-bond donors (Lipinski definition) is 13. The molecule has 0 saturated heterocycles. The zero-order valence-corrected chi connectivity index (χ0v) is 66.0. The van der Waals surface area contributed by atoms with Gasteiger partial charge in [-0.15, -0.1) is 0 Å². The third-order valence-corrected chi connectivity index (χ3v) is 19.8. The van der Waals surface area contributed by atoms with E-state index in [4.69, 9.17) is 14.2 Å². The summed E-state index contributed by atoms with van der Waals surface area (Å²) in [7, 11) is 0. The number of carbonyl (C=O) groups is 8. The van der Waals surface area contributed by atoms with Crippen LogP contribution >= 0.6 is 0 Å². The Kier molecular flexibility index (Phi) is 46.6. The minimum atomic E-state index is -1.46. The van der Waals surface area contributed by atoms with Crippen LogP contribution in [0.25, 0.3) is 0 Å². The van der Waals surface area contributed by atoms with E-state index < -0.39 is 84.3 Å². The second-order valence-electron chi connectivity index (χ2n) is 29.2. The lowest BCUT2D eigenvalue weighted by atomic mass is 10.0. The summed E-state index contributed by atoms with van der Waals surface area (Å²) >= 11 is 0. The number of imidazole rings is 6. The fourth-order valence-electron chi connectivity index (χ4n) is 13.4. The molecule has 0 fully saturated rings. The van der Waals surface area contributed by atoms with Gasteiger partial charge in [0.2, 0.25) is 41.4 Å². The van der Waals surface area contributed by atoms with Crippen LogP contribution in [0.15, 0.2) is 75.1 Å². The monoisotopic (exact) mass is 1550 g/mol. The van der Waals surface area contributed by atoms with Crippen LogP contribution in [0, 0.1) is 0 Å². The summed E-state index contributed by atoms with van der Waals surface area (Å²) in [6, 6.07) is -8.45. The topological polar surface area (TPSA) is 432 Å². The number of carboxylic acid groups (broad SMARTS) is 1. The van der Waals surface area contributed by atoms with Crippen molar-refractivity contribution < 1.29 is 57.7 Å². The predicted octanol–water partition coefficient (Wildman–Crippen LogP) is 9.18. The van der Waals surface area contributed by atoms with Gasteiger partial charge in [-0.2, -0.15) is 0 Å². The van der Waals surface area contributed by atoms with Gasteiger partial charge in [-0.25, -0.2) is 34.7 Å². The van der Waals surface area contributed by atoms with Gasteiger partial charge in [-0.05, 0) is 12.8 Å². The molecule has 0 radical (unpaired) electrons. The first kappa shape index (κ1) is 90.8. The number of aliphatic carboxylic acids is 1. The van der Waals surface area contributed by atoms with E-state index in [0.717, 1.165) is 38.8 Å². The smallest absolute Gasteiger partial charge is 0.326 e. The van der Waals surface area contributed by atoms with Gasteiger partial charge in [0.25, 0.3) is 0 Å².